The van der Waals surface area contributed by atoms with E-state index < -0.39 is 0 Å². The molecular weight excluding hydrogens is 268 g/mol. The average molecular weight is 296 g/mol. The number of hydrogen-bond donors (Lipinski definition) is 1. The van der Waals surface area contributed by atoms with E-state index in [1.807, 2.05) is 11.3 Å². The molecule has 1 aliphatic heterocycles. The Labute approximate surface area is 127 Å². The number of anilines is 1. The number of aryl methyl sites for hydroxylation is 1. The molecule has 0 atom stereocenters. The third-order valence-electron chi connectivity index (χ3n) is 3.71. The van der Waals surface area contributed by atoms with Crippen LogP contribution >= 0.6 is 11.3 Å². The third kappa shape index (κ3) is 4.43. The minimum Gasteiger partial charge on any atom is -0.347 e. The Bertz CT molecular complexity index is 416. The van der Waals surface area contributed by atoms with Crippen LogP contribution in [0.25, 0.3) is 0 Å². The number of rotatable bonds is 5. The molecule has 0 saturated carbocycles. The molecule has 2 rings (SSSR count). The van der Waals surface area contributed by atoms with Gasteiger partial charge >= 0.3 is 0 Å². The molecule has 1 fully saturated rings. The smallest absolute Gasteiger partial charge is 0.185 e. The molecule has 4 nitrogen and oxygen atoms in total. The summed E-state index contributed by atoms with van der Waals surface area (Å²) >= 11 is 1.86. The van der Waals surface area contributed by atoms with Crippen molar-refractivity contribution in [3.8, 4) is 0 Å². The van der Waals surface area contributed by atoms with Crippen LogP contribution in [0.5, 0.6) is 0 Å². The molecule has 0 aliphatic carbocycles. The highest BCUT2D eigenvalue weighted by Gasteiger charge is 2.17. The summed E-state index contributed by atoms with van der Waals surface area (Å²) in [7, 11) is 2.21. The minimum absolute atomic E-state index is 0.698. The number of nitrogens with zero attached hydrogens (tertiary/aromatic N) is 3. The van der Waals surface area contributed by atoms with Crippen molar-refractivity contribution < 1.29 is 0 Å². The molecular formula is C15H28N4S. The van der Waals surface area contributed by atoms with Gasteiger partial charge in [-0.05, 0) is 39.4 Å². The highest BCUT2D eigenvalue weighted by atomic mass is 32.1. The Morgan fingerprint density at radius 3 is 2.80 bits per heavy atom. The molecule has 1 saturated heterocycles. The number of nitrogens with one attached hydrogen (secondary N) is 1. The summed E-state index contributed by atoms with van der Waals surface area (Å²) in [6, 6.07) is 0. The largest absolute Gasteiger partial charge is 0.347 e. The van der Waals surface area contributed by atoms with Gasteiger partial charge in [0.1, 0.15) is 0 Å². The first-order chi connectivity index (χ1) is 9.56. The van der Waals surface area contributed by atoms with Gasteiger partial charge in [0.05, 0.1) is 5.69 Å². The maximum absolute atomic E-state index is 4.78. The standard InChI is InChI=1S/C15H28N4S/c1-12(2)10-16-11-14-13(3)17-15(20-14)19-7-5-6-18(4)8-9-19/h12,16H,5-11H2,1-4H3. The molecule has 5 heteroatoms. The summed E-state index contributed by atoms with van der Waals surface area (Å²) in [6.07, 6.45) is 1.23. The van der Waals surface area contributed by atoms with Crippen LogP contribution in [0, 0.1) is 12.8 Å². The summed E-state index contributed by atoms with van der Waals surface area (Å²) in [5, 5.41) is 4.73. The lowest BCUT2D eigenvalue weighted by atomic mass is 10.2. The van der Waals surface area contributed by atoms with Crippen LogP contribution in [0.1, 0.15) is 30.8 Å². The molecule has 0 amide bonds. The predicted octanol–water partition coefficient (Wildman–Crippen LogP) is 2.34. The second-order valence-corrected chi connectivity index (χ2v) is 7.24. The zero-order valence-corrected chi connectivity index (χ0v) is 14.1. The van der Waals surface area contributed by atoms with E-state index in [0.29, 0.717) is 5.92 Å². The molecule has 0 bridgehead atoms. The molecule has 1 aromatic rings. The van der Waals surface area contributed by atoms with Crippen molar-refractivity contribution >= 4 is 16.5 Å². The number of likely N-dealkylation sites (N-methyl/N-ethyl adjacent to an activating group) is 1. The lowest BCUT2D eigenvalue weighted by molar-refractivity contribution is 0.360. The van der Waals surface area contributed by atoms with E-state index in [4.69, 9.17) is 4.98 Å². The maximum Gasteiger partial charge on any atom is 0.185 e. The highest BCUT2D eigenvalue weighted by Crippen LogP contribution is 2.26. The summed E-state index contributed by atoms with van der Waals surface area (Å²) in [4.78, 5) is 11.0. The first-order valence-electron chi connectivity index (χ1n) is 7.66. The highest BCUT2D eigenvalue weighted by molar-refractivity contribution is 7.15. The van der Waals surface area contributed by atoms with Gasteiger partial charge in [-0.3, -0.25) is 0 Å². The van der Waals surface area contributed by atoms with Crippen molar-refractivity contribution in [2.45, 2.75) is 33.7 Å². The number of aromatic nitrogens is 1. The summed E-state index contributed by atoms with van der Waals surface area (Å²) < 4.78 is 0. The monoisotopic (exact) mass is 296 g/mol. The lowest BCUT2D eigenvalue weighted by Crippen LogP contribution is -2.28. The van der Waals surface area contributed by atoms with Crippen LogP contribution in [0.2, 0.25) is 0 Å². The van der Waals surface area contributed by atoms with Gasteiger partial charge in [0.2, 0.25) is 0 Å². The van der Waals surface area contributed by atoms with E-state index >= 15 is 0 Å². The molecule has 1 N–H and O–H groups in total. The molecule has 1 aromatic heterocycles. The van der Waals surface area contributed by atoms with Gasteiger partial charge in [-0.25, -0.2) is 4.98 Å². The second-order valence-electron chi connectivity index (χ2n) is 6.17. The van der Waals surface area contributed by atoms with Crippen LogP contribution < -0.4 is 10.2 Å². The molecule has 114 valence electrons. The van der Waals surface area contributed by atoms with Crippen LogP contribution in [-0.4, -0.2) is 49.7 Å². The van der Waals surface area contributed by atoms with E-state index in [-0.39, 0.29) is 0 Å². The van der Waals surface area contributed by atoms with Crippen molar-refractivity contribution in [1.29, 1.82) is 0 Å². The molecule has 0 aromatic carbocycles. The van der Waals surface area contributed by atoms with Gasteiger partial charge < -0.3 is 15.1 Å². The van der Waals surface area contributed by atoms with Crippen molar-refractivity contribution in [2.75, 3.05) is 44.7 Å². The number of thiazole rings is 1. The summed E-state index contributed by atoms with van der Waals surface area (Å²) in [5.74, 6) is 0.698. The number of hydrogen-bond acceptors (Lipinski definition) is 5. The van der Waals surface area contributed by atoms with Gasteiger partial charge in [-0.2, -0.15) is 0 Å². The Morgan fingerprint density at radius 2 is 2.05 bits per heavy atom. The molecule has 0 radical (unpaired) electrons. The van der Waals surface area contributed by atoms with E-state index in [9.17, 15) is 0 Å². The topological polar surface area (TPSA) is 31.4 Å². The second kappa shape index (κ2) is 7.38. The molecule has 20 heavy (non-hydrogen) atoms. The van der Waals surface area contributed by atoms with Gasteiger partial charge in [-0.15, -0.1) is 11.3 Å². The van der Waals surface area contributed by atoms with Crippen LogP contribution in [0.3, 0.4) is 0 Å². The first-order valence-corrected chi connectivity index (χ1v) is 8.48. The Kier molecular flexibility index (Phi) is 5.81. The van der Waals surface area contributed by atoms with Crippen LogP contribution in [0.15, 0.2) is 0 Å². The zero-order valence-electron chi connectivity index (χ0n) is 13.3. The summed E-state index contributed by atoms with van der Waals surface area (Å²) in [6.45, 7) is 13.2. The zero-order chi connectivity index (χ0) is 14.5. The van der Waals surface area contributed by atoms with Gasteiger partial charge in [0.25, 0.3) is 0 Å². The first kappa shape index (κ1) is 15.7. The SMILES string of the molecule is Cc1nc(N2CCCN(C)CC2)sc1CNCC(C)C. The van der Waals surface area contributed by atoms with E-state index in [2.05, 4.69) is 42.9 Å². The predicted molar refractivity (Wildman–Crippen MR) is 87.7 cm³/mol. The Balaban J connectivity index is 1.95. The molecule has 1 aliphatic rings. The third-order valence-corrected chi connectivity index (χ3v) is 4.93. The average Bonchev–Trinajstić information content (AvgIpc) is 2.61. The molecule has 2 heterocycles. The fourth-order valence-electron chi connectivity index (χ4n) is 2.42. The normalized spacial score (nSPS) is 17.8. The van der Waals surface area contributed by atoms with Gasteiger partial charge in [0.15, 0.2) is 5.13 Å². The fraction of sp³-hybridized carbons (Fsp3) is 0.800. The van der Waals surface area contributed by atoms with E-state index in [1.54, 1.807) is 0 Å². The van der Waals surface area contributed by atoms with E-state index in [0.717, 1.165) is 32.7 Å². The maximum atomic E-state index is 4.78. The minimum atomic E-state index is 0.698. The van der Waals surface area contributed by atoms with Crippen molar-refractivity contribution in [3.05, 3.63) is 10.6 Å². The van der Waals surface area contributed by atoms with Crippen molar-refractivity contribution in [2.24, 2.45) is 5.92 Å². The molecule has 0 unspecified atom stereocenters. The van der Waals surface area contributed by atoms with E-state index in [1.165, 1.54) is 28.7 Å². The Hall–Kier alpha value is -0.650. The van der Waals surface area contributed by atoms with Crippen molar-refractivity contribution in [3.63, 3.8) is 0 Å². The summed E-state index contributed by atoms with van der Waals surface area (Å²) in [5.41, 5.74) is 1.19. The van der Waals surface area contributed by atoms with Crippen molar-refractivity contribution in [1.82, 2.24) is 15.2 Å². The Morgan fingerprint density at radius 1 is 1.25 bits per heavy atom. The quantitative estimate of drug-likeness (QED) is 0.904. The van der Waals surface area contributed by atoms with Crippen LogP contribution in [0.4, 0.5) is 5.13 Å². The fourth-order valence-corrected chi connectivity index (χ4v) is 3.51. The van der Waals surface area contributed by atoms with Gasteiger partial charge in [-0.1, -0.05) is 13.8 Å². The van der Waals surface area contributed by atoms with Gasteiger partial charge in [0, 0.05) is 31.1 Å². The lowest BCUT2D eigenvalue weighted by Gasteiger charge is -2.19. The van der Waals surface area contributed by atoms with Crippen LogP contribution in [-0.2, 0) is 6.54 Å². The molecule has 0 spiro atoms.